The number of ether oxygens (including phenoxy) is 1. The van der Waals surface area contributed by atoms with Crippen LogP contribution in [-0.4, -0.2) is 32.5 Å². The van der Waals surface area contributed by atoms with Crippen molar-refractivity contribution in [2.75, 3.05) is 5.32 Å². The number of carbonyl (C=O) groups is 1. The van der Waals surface area contributed by atoms with Crippen LogP contribution in [0.2, 0.25) is 0 Å². The summed E-state index contributed by atoms with van der Waals surface area (Å²) in [6, 6.07) is 15.9. The molecule has 0 fully saturated rings. The van der Waals surface area contributed by atoms with Gasteiger partial charge in [0.2, 0.25) is 5.91 Å². The van der Waals surface area contributed by atoms with Gasteiger partial charge >= 0.3 is 6.61 Å². The molecular weight excluding hydrogens is 398 g/mol. The maximum absolute atomic E-state index is 12.6. The van der Waals surface area contributed by atoms with E-state index in [1.807, 2.05) is 41.8 Å². The van der Waals surface area contributed by atoms with Crippen molar-refractivity contribution in [1.82, 2.24) is 14.8 Å². The Bertz CT molecular complexity index is 966. The van der Waals surface area contributed by atoms with E-state index >= 15 is 0 Å². The first-order valence-corrected chi connectivity index (χ1v) is 9.77. The van der Waals surface area contributed by atoms with E-state index in [9.17, 15) is 13.6 Å². The number of anilines is 1. The molecule has 0 saturated heterocycles. The molecule has 2 aromatic carbocycles. The van der Waals surface area contributed by atoms with Gasteiger partial charge in [0.15, 0.2) is 5.16 Å². The van der Waals surface area contributed by atoms with E-state index in [-0.39, 0.29) is 17.3 Å². The smallest absolute Gasteiger partial charge is 0.387 e. The lowest BCUT2D eigenvalue weighted by atomic mass is 10.2. The average Bonchev–Trinajstić information content (AvgIpc) is 3.03. The summed E-state index contributed by atoms with van der Waals surface area (Å²) in [4.78, 5) is 12.6. The van der Waals surface area contributed by atoms with Crippen LogP contribution in [-0.2, 0) is 11.3 Å². The number of rotatable bonds is 8. The molecule has 6 nitrogen and oxygen atoms in total. The second-order valence-corrected chi connectivity index (χ2v) is 7.53. The van der Waals surface area contributed by atoms with Crippen molar-refractivity contribution in [3.8, 4) is 5.75 Å². The molecule has 0 aliphatic heterocycles. The van der Waals surface area contributed by atoms with Crippen molar-refractivity contribution >= 4 is 23.4 Å². The maximum Gasteiger partial charge on any atom is 0.387 e. The fourth-order valence-electron chi connectivity index (χ4n) is 2.61. The summed E-state index contributed by atoms with van der Waals surface area (Å²) in [5, 5.41) is 11.0. The molecule has 0 radical (unpaired) electrons. The monoisotopic (exact) mass is 418 g/mol. The third-order valence-corrected chi connectivity index (χ3v) is 5.18. The maximum atomic E-state index is 12.6. The molecule has 9 heteroatoms. The molecule has 29 heavy (non-hydrogen) atoms. The zero-order valence-corrected chi connectivity index (χ0v) is 16.7. The number of alkyl halides is 2. The molecule has 0 aliphatic carbocycles. The molecule has 3 aromatic rings. The summed E-state index contributed by atoms with van der Waals surface area (Å²) in [5.74, 6) is 0.294. The van der Waals surface area contributed by atoms with E-state index in [1.54, 1.807) is 19.1 Å². The summed E-state index contributed by atoms with van der Waals surface area (Å²) in [5.41, 5.74) is 1.28. The zero-order chi connectivity index (χ0) is 20.8. The SMILES string of the molecule is Cc1nnc(SC(C)C(=O)Nc2ccccc2OC(F)F)n1Cc1ccccc1. The number of para-hydroxylation sites is 2. The number of amides is 1. The summed E-state index contributed by atoms with van der Waals surface area (Å²) in [6.07, 6.45) is 0. The van der Waals surface area contributed by atoms with Gasteiger partial charge in [-0.25, -0.2) is 0 Å². The Kier molecular flexibility index (Phi) is 6.82. The van der Waals surface area contributed by atoms with Gasteiger partial charge in [0, 0.05) is 0 Å². The summed E-state index contributed by atoms with van der Waals surface area (Å²) < 4.78 is 31.5. The Morgan fingerprint density at radius 2 is 1.83 bits per heavy atom. The van der Waals surface area contributed by atoms with Crippen LogP contribution in [0.1, 0.15) is 18.3 Å². The Labute approximate surface area is 171 Å². The standard InChI is InChI=1S/C20H20F2N4O2S/c1-13(18(27)23-16-10-6-7-11-17(16)28-19(21)22)29-20-25-24-14(2)26(20)12-15-8-4-3-5-9-15/h3-11,13,19H,12H2,1-2H3,(H,23,27). The number of hydrogen-bond donors (Lipinski definition) is 1. The number of carbonyl (C=O) groups excluding carboxylic acids is 1. The fraction of sp³-hybridized carbons (Fsp3) is 0.250. The van der Waals surface area contributed by atoms with Gasteiger partial charge in [-0.15, -0.1) is 10.2 Å². The van der Waals surface area contributed by atoms with Gasteiger partial charge in [-0.3, -0.25) is 4.79 Å². The number of hydrogen-bond acceptors (Lipinski definition) is 5. The minimum atomic E-state index is -2.97. The second kappa shape index (κ2) is 9.51. The van der Waals surface area contributed by atoms with Crippen LogP contribution in [0.15, 0.2) is 59.8 Å². The summed E-state index contributed by atoms with van der Waals surface area (Å²) >= 11 is 1.25. The number of thioether (sulfide) groups is 1. The third kappa shape index (κ3) is 5.54. The van der Waals surface area contributed by atoms with E-state index < -0.39 is 11.9 Å². The first-order valence-electron chi connectivity index (χ1n) is 8.89. The van der Waals surface area contributed by atoms with E-state index in [4.69, 9.17) is 0 Å². The lowest BCUT2D eigenvalue weighted by Crippen LogP contribution is -2.23. The normalized spacial score (nSPS) is 12.0. The van der Waals surface area contributed by atoms with E-state index in [2.05, 4.69) is 20.3 Å². The molecule has 1 N–H and O–H groups in total. The van der Waals surface area contributed by atoms with Crippen molar-refractivity contribution in [3.63, 3.8) is 0 Å². The van der Waals surface area contributed by atoms with Gasteiger partial charge in [0.25, 0.3) is 0 Å². The largest absolute Gasteiger partial charge is 0.433 e. The molecule has 1 atom stereocenters. The van der Waals surface area contributed by atoms with Crippen molar-refractivity contribution in [2.45, 2.75) is 37.4 Å². The molecule has 1 aromatic heterocycles. The van der Waals surface area contributed by atoms with E-state index in [0.717, 1.165) is 11.4 Å². The molecule has 0 bridgehead atoms. The van der Waals surface area contributed by atoms with Gasteiger partial charge in [0.1, 0.15) is 11.6 Å². The number of aromatic nitrogens is 3. The number of nitrogens with zero attached hydrogens (tertiary/aromatic N) is 3. The molecule has 152 valence electrons. The molecule has 0 aliphatic rings. The van der Waals surface area contributed by atoms with E-state index in [1.165, 1.54) is 23.9 Å². The lowest BCUT2D eigenvalue weighted by Gasteiger charge is -2.15. The van der Waals surface area contributed by atoms with Crippen LogP contribution in [0.25, 0.3) is 0 Å². The van der Waals surface area contributed by atoms with Gasteiger partial charge in [-0.05, 0) is 31.5 Å². The quantitative estimate of drug-likeness (QED) is 0.551. The summed E-state index contributed by atoms with van der Waals surface area (Å²) in [6.45, 7) is 1.18. The molecule has 0 saturated carbocycles. The predicted molar refractivity (Wildman–Crippen MR) is 107 cm³/mol. The Morgan fingerprint density at radius 1 is 1.14 bits per heavy atom. The van der Waals surface area contributed by atoms with Crippen molar-refractivity contribution < 1.29 is 18.3 Å². The average molecular weight is 418 g/mol. The van der Waals surface area contributed by atoms with Crippen LogP contribution < -0.4 is 10.1 Å². The fourth-order valence-corrected chi connectivity index (χ4v) is 3.51. The van der Waals surface area contributed by atoms with Crippen LogP contribution in [0.5, 0.6) is 5.75 Å². The van der Waals surface area contributed by atoms with Crippen molar-refractivity contribution in [2.24, 2.45) is 0 Å². The Morgan fingerprint density at radius 3 is 2.55 bits per heavy atom. The molecule has 1 unspecified atom stereocenters. The topological polar surface area (TPSA) is 69.0 Å². The summed E-state index contributed by atoms with van der Waals surface area (Å²) in [7, 11) is 0. The highest BCUT2D eigenvalue weighted by atomic mass is 32.2. The highest BCUT2D eigenvalue weighted by Crippen LogP contribution is 2.28. The minimum Gasteiger partial charge on any atom is -0.433 e. The highest BCUT2D eigenvalue weighted by molar-refractivity contribution is 8.00. The second-order valence-electron chi connectivity index (χ2n) is 6.23. The molecule has 1 heterocycles. The molecule has 0 spiro atoms. The Hall–Kier alpha value is -2.94. The minimum absolute atomic E-state index is 0.0869. The number of halogens is 2. The van der Waals surface area contributed by atoms with Crippen molar-refractivity contribution in [3.05, 3.63) is 66.0 Å². The van der Waals surface area contributed by atoms with Gasteiger partial charge in [0.05, 0.1) is 17.5 Å². The van der Waals surface area contributed by atoms with Crippen molar-refractivity contribution in [1.29, 1.82) is 0 Å². The highest BCUT2D eigenvalue weighted by Gasteiger charge is 2.21. The van der Waals surface area contributed by atoms with Crippen LogP contribution in [0, 0.1) is 6.92 Å². The number of aryl methyl sites for hydroxylation is 1. The van der Waals surface area contributed by atoms with Crippen LogP contribution in [0.3, 0.4) is 0 Å². The van der Waals surface area contributed by atoms with Gasteiger partial charge in [-0.2, -0.15) is 8.78 Å². The van der Waals surface area contributed by atoms with Gasteiger partial charge < -0.3 is 14.6 Å². The van der Waals surface area contributed by atoms with Crippen LogP contribution >= 0.6 is 11.8 Å². The molecule has 1 amide bonds. The number of benzene rings is 2. The third-order valence-electron chi connectivity index (χ3n) is 4.10. The van der Waals surface area contributed by atoms with E-state index in [0.29, 0.717) is 11.7 Å². The molecular formula is C20H20F2N4O2S. The lowest BCUT2D eigenvalue weighted by molar-refractivity contribution is -0.115. The molecule has 3 rings (SSSR count). The number of nitrogens with one attached hydrogen (secondary N) is 1. The van der Waals surface area contributed by atoms with Crippen LogP contribution in [0.4, 0.5) is 14.5 Å². The Balaban J connectivity index is 1.70. The first-order chi connectivity index (χ1) is 13.9. The predicted octanol–water partition coefficient (Wildman–Crippen LogP) is 4.36. The first kappa shape index (κ1) is 20.8. The zero-order valence-electron chi connectivity index (χ0n) is 15.9. The van der Waals surface area contributed by atoms with Gasteiger partial charge in [-0.1, -0.05) is 54.2 Å².